The van der Waals surface area contributed by atoms with Crippen molar-refractivity contribution in [3.63, 3.8) is 0 Å². The molecule has 0 aromatic rings. The first kappa shape index (κ1) is 17.1. The fourth-order valence-electron chi connectivity index (χ4n) is 1.90. The third-order valence-corrected chi connectivity index (χ3v) is 4.51. The van der Waals surface area contributed by atoms with Crippen LogP contribution < -0.4 is 10.6 Å². The molecule has 116 valence electrons. The van der Waals surface area contributed by atoms with Crippen LogP contribution in [0.2, 0.25) is 0 Å². The SMILES string of the molecule is COCCC(NC(=O)NCC1(OC)CCSC1)C(=O)O. The highest BCUT2D eigenvalue weighted by molar-refractivity contribution is 7.99. The van der Waals surface area contributed by atoms with Crippen molar-refractivity contribution in [2.24, 2.45) is 0 Å². The van der Waals surface area contributed by atoms with Gasteiger partial charge in [0.25, 0.3) is 0 Å². The van der Waals surface area contributed by atoms with Gasteiger partial charge in [0.2, 0.25) is 0 Å². The Morgan fingerprint density at radius 1 is 1.45 bits per heavy atom. The second-order valence-electron chi connectivity index (χ2n) is 4.69. The molecule has 1 aliphatic rings. The largest absolute Gasteiger partial charge is 0.480 e. The highest BCUT2D eigenvalue weighted by Crippen LogP contribution is 2.30. The second-order valence-corrected chi connectivity index (χ2v) is 5.79. The van der Waals surface area contributed by atoms with Gasteiger partial charge in [-0.2, -0.15) is 11.8 Å². The predicted molar refractivity (Wildman–Crippen MR) is 76.1 cm³/mol. The van der Waals surface area contributed by atoms with E-state index >= 15 is 0 Å². The van der Waals surface area contributed by atoms with Crippen molar-refractivity contribution in [1.82, 2.24) is 10.6 Å². The Balaban J connectivity index is 2.39. The van der Waals surface area contributed by atoms with Crippen molar-refractivity contribution >= 4 is 23.8 Å². The predicted octanol–water partition coefficient (Wildman–Crippen LogP) is 0.297. The van der Waals surface area contributed by atoms with E-state index < -0.39 is 18.0 Å². The number of carboxylic acid groups (broad SMARTS) is 1. The van der Waals surface area contributed by atoms with Crippen LogP contribution in [0.1, 0.15) is 12.8 Å². The van der Waals surface area contributed by atoms with Crippen LogP contribution in [0.15, 0.2) is 0 Å². The molecule has 7 nitrogen and oxygen atoms in total. The molecule has 0 radical (unpaired) electrons. The molecule has 20 heavy (non-hydrogen) atoms. The molecule has 0 spiro atoms. The summed E-state index contributed by atoms with van der Waals surface area (Å²) in [7, 11) is 3.11. The van der Waals surface area contributed by atoms with E-state index in [9.17, 15) is 9.59 Å². The zero-order valence-corrected chi connectivity index (χ0v) is 12.6. The molecule has 3 N–H and O–H groups in total. The number of carbonyl (C=O) groups is 2. The van der Waals surface area contributed by atoms with E-state index in [2.05, 4.69) is 10.6 Å². The van der Waals surface area contributed by atoms with E-state index in [1.54, 1.807) is 18.9 Å². The van der Waals surface area contributed by atoms with E-state index in [0.29, 0.717) is 6.54 Å². The second kappa shape index (κ2) is 8.33. The molecule has 1 heterocycles. The van der Waals surface area contributed by atoms with Gasteiger partial charge in [0.15, 0.2) is 0 Å². The van der Waals surface area contributed by atoms with Crippen LogP contribution in [0, 0.1) is 0 Å². The Labute approximate surface area is 122 Å². The summed E-state index contributed by atoms with van der Waals surface area (Å²) < 4.78 is 10.3. The van der Waals surface area contributed by atoms with Gasteiger partial charge in [-0.1, -0.05) is 0 Å². The summed E-state index contributed by atoms with van der Waals surface area (Å²) in [5.41, 5.74) is -0.340. The molecule has 0 bridgehead atoms. The summed E-state index contributed by atoms with van der Waals surface area (Å²) in [6, 6.07) is -1.45. The minimum absolute atomic E-state index is 0.227. The lowest BCUT2D eigenvalue weighted by Crippen LogP contribution is -2.51. The van der Waals surface area contributed by atoms with Crippen molar-refractivity contribution in [2.45, 2.75) is 24.5 Å². The molecular formula is C12H22N2O5S. The molecule has 0 aromatic heterocycles. The molecule has 2 atom stereocenters. The van der Waals surface area contributed by atoms with Gasteiger partial charge in [-0.3, -0.25) is 0 Å². The topological polar surface area (TPSA) is 96.9 Å². The number of thioether (sulfide) groups is 1. The summed E-state index contributed by atoms with van der Waals surface area (Å²) in [6.45, 7) is 0.648. The minimum atomic E-state index is -1.07. The molecule has 0 aromatic carbocycles. The van der Waals surface area contributed by atoms with Gasteiger partial charge < -0.3 is 25.2 Å². The molecule has 0 aliphatic carbocycles. The average Bonchev–Trinajstić information content (AvgIpc) is 2.90. The Morgan fingerprint density at radius 3 is 2.70 bits per heavy atom. The van der Waals surface area contributed by atoms with Crippen LogP contribution in [0.3, 0.4) is 0 Å². The first-order valence-electron chi connectivity index (χ1n) is 6.42. The first-order valence-corrected chi connectivity index (χ1v) is 7.57. The maximum atomic E-state index is 11.7. The third kappa shape index (κ3) is 5.18. The number of carboxylic acids is 1. The van der Waals surface area contributed by atoms with E-state index in [4.69, 9.17) is 14.6 Å². The molecule has 1 aliphatic heterocycles. The quantitative estimate of drug-likeness (QED) is 0.597. The molecule has 2 unspecified atom stereocenters. The van der Waals surface area contributed by atoms with E-state index in [1.807, 2.05) is 0 Å². The zero-order chi connectivity index (χ0) is 15.0. The van der Waals surface area contributed by atoms with Crippen molar-refractivity contribution < 1.29 is 24.2 Å². The molecule has 1 saturated heterocycles. The monoisotopic (exact) mass is 306 g/mol. The summed E-state index contributed by atoms with van der Waals surface area (Å²) in [5.74, 6) is 0.758. The third-order valence-electron chi connectivity index (χ3n) is 3.29. The minimum Gasteiger partial charge on any atom is -0.480 e. The smallest absolute Gasteiger partial charge is 0.326 e. The molecular weight excluding hydrogens is 284 g/mol. The average molecular weight is 306 g/mol. The van der Waals surface area contributed by atoms with Crippen LogP contribution in [0.4, 0.5) is 4.79 Å². The molecule has 8 heteroatoms. The molecule has 2 amide bonds. The van der Waals surface area contributed by atoms with E-state index in [0.717, 1.165) is 17.9 Å². The zero-order valence-electron chi connectivity index (χ0n) is 11.8. The maximum absolute atomic E-state index is 11.7. The number of aliphatic carboxylic acids is 1. The van der Waals surface area contributed by atoms with Gasteiger partial charge in [-0.25, -0.2) is 9.59 Å². The van der Waals surface area contributed by atoms with Crippen LogP contribution in [0.25, 0.3) is 0 Å². The number of hydrogen-bond acceptors (Lipinski definition) is 5. The summed E-state index contributed by atoms with van der Waals surface area (Å²) >= 11 is 1.78. The Hall–Kier alpha value is -0.990. The Morgan fingerprint density at radius 2 is 2.20 bits per heavy atom. The lowest BCUT2D eigenvalue weighted by atomic mass is 10.0. The fraction of sp³-hybridized carbons (Fsp3) is 0.833. The van der Waals surface area contributed by atoms with Crippen molar-refractivity contribution in [1.29, 1.82) is 0 Å². The van der Waals surface area contributed by atoms with Crippen LogP contribution in [0.5, 0.6) is 0 Å². The van der Waals surface area contributed by atoms with Crippen molar-refractivity contribution in [3.8, 4) is 0 Å². The van der Waals surface area contributed by atoms with Crippen molar-refractivity contribution in [3.05, 3.63) is 0 Å². The molecule has 0 saturated carbocycles. The fourth-order valence-corrected chi connectivity index (χ4v) is 3.30. The van der Waals surface area contributed by atoms with Gasteiger partial charge in [0.05, 0.1) is 5.60 Å². The number of amides is 2. The van der Waals surface area contributed by atoms with E-state index in [1.165, 1.54) is 7.11 Å². The number of hydrogen-bond donors (Lipinski definition) is 3. The molecule has 1 rings (SSSR count). The van der Waals surface area contributed by atoms with Gasteiger partial charge in [-0.05, 0) is 12.2 Å². The summed E-state index contributed by atoms with van der Waals surface area (Å²) in [6.07, 6.45) is 1.10. The maximum Gasteiger partial charge on any atom is 0.326 e. The van der Waals surface area contributed by atoms with Crippen LogP contribution >= 0.6 is 11.8 Å². The normalized spacial score (nSPS) is 23.3. The lowest BCUT2D eigenvalue weighted by Gasteiger charge is -2.27. The number of methoxy groups -OCH3 is 2. The Bertz CT molecular complexity index is 334. The Kier molecular flexibility index (Phi) is 7.11. The highest BCUT2D eigenvalue weighted by atomic mass is 32.2. The number of ether oxygens (including phenoxy) is 2. The number of nitrogens with one attached hydrogen (secondary N) is 2. The summed E-state index contributed by atoms with van der Waals surface area (Å²) in [5, 5.41) is 14.1. The van der Waals surface area contributed by atoms with Gasteiger partial charge in [-0.15, -0.1) is 0 Å². The number of urea groups is 1. The standard InChI is InChI=1S/C12H22N2O5S/c1-18-5-3-9(10(15)16)14-11(17)13-7-12(19-2)4-6-20-8-12/h9H,3-8H2,1-2H3,(H,15,16)(H2,13,14,17). The number of carbonyl (C=O) groups excluding carboxylic acids is 1. The van der Waals surface area contributed by atoms with Crippen LogP contribution in [-0.4, -0.2) is 67.6 Å². The van der Waals surface area contributed by atoms with E-state index in [-0.39, 0.29) is 18.6 Å². The first-order chi connectivity index (χ1) is 9.53. The molecule has 1 fully saturated rings. The van der Waals surface area contributed by atoms with Crippen molar-refractivity contribution in [2.75, 3.05) is 38.9 Å². The van der Waals surface area contributed by atoms with Crippen LogP contribution in [-0.2, 0) is 14.3 Å². The highest BCUT2D eigenvalue weighted by Gasteiger charge is 2.34. The summed E-state index contributed by atoms with van der Waals surface area (Å²) in [4.78, 5) is 22.7. The number of rotatable bonds is 8. The van der Waals surface area contributed by atoms with Gasteiger partial charge in [0, 0.05) is 39.5 Å². The lowest BCUT2D eigenvalue weighted by molar-refractivity contribution is -0.139. The van der Waals surface area contributed by atoms with Gasteiger partial charge >= 0.3 is 12.0 Å². The van der Waals surface area contributed by atoms with Gasteiger partial charge in [0.1, 0.15) is 6.04 Å².